The summed E-state index contributed by atoms with van der Waals surface area (Å²) in [5.41, 5.74) is 3.14. The lowest BCUT2D eigenvalue weighted by atomic mass is 10.1. The monoisotopic (exact) mass is 354 g/mol. The van der Waals surface area contributed by atoms with Gasteiger partial charge < -0.3 is 4.74 Å². The highest BCUT2D eigenvalue weighted by atomic mass is 16.5. The molecule has 4 heteroatoms. The first kappa shape index (κ1) is 16.8. The van der Waals surface area contributed by atoms with Gasteiger partial charge in [-0.2, -0.15) is 5.10 Å². The Morgan fingerprint density at radius 2 is 1.56 bits per heavy atom. The summed E-state index contributed by atoms with van der Waals surface area (Å²) in [4.78, 5) is 12.6. The number of nitrogens with zero attached hydrogens (tertiary/aromatic N) is 2. The van der Waals surface area contributed by atoms with Crippen molar-refractivity contribution in [3.05, 3.63) is 100 Å². The summed E-state index contributed by atoms with van der Waals surface area (Å²) in [6.07, 6.45) is 3.91. The number of methoxy groups -OCH3 is 1. The first-order valence-electron chi connectivity index (χ1n) is 8.66. The Bertz CT molecular complexity index is 1160. The highest BCUT2D eigenvalue weighted by molar-refractivity contribution is 5.90. The van der Waals surface area contributed by atoms with E-state index in [0.29, 0.717) is 5.52 Å². The standard InChI is InChI=1S/C23H18N2O2/c1-27-19-14-11-17(12-15-19)13-16-21-20-9-5-6-10-22(26)23(20)25(24-21)18-7-3-2-4-8-18/h2-16H,1H3/b16-13-. The van der Waals surface area contributed by atoms with E-state index in [1.165, 1.54) is 0 Å². The van der Waals surface area contributed by atoms with Crippen molar-refractivity contribution >= 4 is 23.1 Å². The molecular weight excluding hydrogens is 336 g/mol. The molecule has 1 aromatic heterocycles. The second-order valence-corrected chi connectivity index (χ2v) is 6.08. The number of rotatable bonds is 4. The molecule has 0 amide bonds. The molecule has 0 spiro atoms. The third-order valence-corrected chi connectivity index (χ3v) is 4.36. The summed E-state index contributed by atoms with van der Waals surface area (Å²) >= 11 is 0. The van der Waals surface area contributed by atoms with Crippen molar-refractivity contribution in [1.29, 1.82) is 0 Å². The number of fused-ring (bicyclic) bond motifs is 1. The quantitative estimate of drug-likeness (QED) is 0.539. The van der Waals surface area contributed by atoms with Gasteiger partial charge >= 0.3 is 0 Å². The lowest BCUT2D eigenvalue weighted by molar-refractivity contribution is 0.415. The van der Waals surface area contributed by atoms with Crippen LogP contribution in [-0.2, 0) is 0 Å². The molecule has 0 radical (unpaired) electrons. The van der Waals surface area contributed by atoms with E-state index < -0.39 is 0 Å². The molecule has 0 saturated carbocycles. The number of aromatic nitrogens is 2. The van der Waals surface area contributed by atoms with E-state index in [9.17, 15) is 4.79 Å². The third kappa shape index (κ3) is 3.37. The number of ether oxygens (including phenoxy) is 1. The van der Waals surface area contributed by atoms with Gasteiger partial charge in [0.1, 0.15) is 11.3 Å². The van der Waals surface area contributed by atoms with E-state index in [1.54, 1.807) is 23.9 Å². The average molecular weight is 354 g/mol. The number of benzene rings is 2. The van der Waals surface area contributed by atoms with E-state index in [2.05, 4.69) is 0 Å². The zero-order valence-corrected chi connectivity index (χ0v) is 14.9. The largest absolute Gasteiger partial charge is 0.497 e. The number of hydrogen-bond donors (Lipinski definition) is 0. The highest BCUT2D eigenvalue weighted by Crippen LogP contribution is 2.21. The molecule has 0 aliphatic rings. The Morgan fingerprint density at radius 1 is 0.852 bits per heavy atom. The molecular formula is C23H18N2O2. The van der Waals surface area contributed by atoms with Crippen LogP contribution in [0.3, 0.4) is 0 Å². The molecule has 0 N–H and O–H groups in total. The summed E-state index contributed by atoms with van der Waals surface area (Å²) in [6, 6.07) is 24.6. The van der Waals surface area contributed by atoms with Gasteiger partial charge in [-0.3, -0.25) is 4.79 Å². The van der Waals surface area contributed by atoms with E-state index >= 15 is 0 Å². The summed E-state index contributed by atoms with van der Waals surface area (Å²) in [5, 5.41) is 5.52. The number of hydrogen-bond acceptors (Lipinski definition) is 3. The topological polar surface area (TPSA) is 44.1 Å². The number of para-hydroxylation sites is 1. The van der Waals surface area contributed by atoms with Gasteiger partial charge in [-0.15, -0.1) is 0 Å². The zero-order chi connectivity index (χ0) is 18.6. The molecule has 0 saturated heterocycles. The van der Waals surface area contributed by atoms with Crippen molar-refractivity contribution in [3.8, 4) is 11.4 Å². The minimum absolute atomic E-state index is 0.0598. The van der Waals surface area contributed by atoms with E-state index in [1.807, 2.05) is 78.9 Å². The molecule has 0 aliphatic heterocycles. The Labute approximate surface area is 157 Å². The van der Waals surface area contributed by atoms with Gasteiger partial charge in [-0.25, -0.2) is 4.68 Å². The predicted octanol–water partition coefficient (Wildman–Crippen LogP) is 4.56. The third-order valence-electron chi connectivity index (χ3n) is 4.36. The van der Waals surface area contributed by atoms with Gasteiger partial charge in [0.25, 0.3) is 0 Å². The van der Waals surface area contributed by atoms with E-state index in [4.69, 9.17) is 9.84 Å². The van der Waals surface area contributed by atoms with Gasteiger partial charge in [0.2, 0.25) is 5.43 Å². The summed E-state index contributed by atoms with van der Waals surface area (Å²) in [5.74, 6) is 0.814. The second kappa shape index (κ2) is 7.30. The van der Waals surface area contributed by atoms with Crippen molar-refractivity contribution < 1.29 is 4.74 Å². The lowest BCUT2D eigenvalue weighted by Gasteiger charge is -2.01. The van der Waals surface area contributed by atoms with Crippen LogP contribution in [0.25, 0.3) is 28.7 Å². The molecule has 3 aromatic carbocycles. The van der Waals surface area contributed by atoms with Crippen LogP contribution in [0, 0.1) is 0 Å². The Kier molecular flexibility index (Phi) is 4.54. The maximum absolute atomic E-state index is 12.6. The highest BCUT2D eigenvalue weighted by Gasteiger charge is 2.11. The molecule has 0 unspecified atom stereocenters. The van der Waals surface area contributed by atoms with Crippen LogP contribution in [0.1, 0.15) is 11.3 Å². The fraction of sp³-hybridized carbons (Fsp3) is 0.0435. The smallest absolute Gasteiger partial charge is 0.204 e. The summed E-state index contributed by atoms with van der Waals surface area (Å²) < 4.78 is 6.90. The summed E-state index contributed by atoms with van der Waals surface area (Å²) in [6.45, 7) is 0. The molecule has 132 valence electrons. The fourth-order valence-corrected chi connectivity index (χ4v) is 2.99. The molecule has 4 aromatic rings. The van der Waals surface area contributed by atoms with Crippen LogP contribution >= 0.6 is 0 Å². The lowest BCUT2D eigenvalue weighted by Crippen LogP contribution is -2.04. The van der Waals surface area contributed by atoms with Crippen molar-refractivity contribution in [2.75, 3.05) is 7.11 Å². The maximum atomic E-state index is 12.6. The van der Waals surface area contributed by atoms with Crippen molar-refractivity contribution in [3.63, 3.8) is 0 Å². The van der Waals surface area contributed by atoms with Gasteiger partial charge in [0.05, 0.1) is 18.5 Å². The molecule has 1 heterocycles. The SMILES string of the molecule is COc1ccc(/C=C\c2nn(-c3ccccc3)c3c(=O)ccccc23)cc1. The molecule has 0 bridgehead atoms. The molecule has 27 heavy (non-hydrogen) atoms. The zero-order valence-electron chi connectivity index (χ0n) is 14.9. The normalized spacial score (nSPS) is 11.1. The molecule has 4 rings (SSSR count). The van der Waals surface area contributed by atoms with Crippen molar-refractivity contribution in [2.45, 2.75) is 0 Å². The van der Waals surface area contributed by atoms with Crippen molar-refractivity contribution in [2.24, 2.45) is 0 Å². The van der Waals surface area contributed by atoms with Crippen molar-refractivity contribution in [1.82, 2.24) is 9.78 Å². The molecule has 0 atom stereocenters. The maximum Gasteiger partial charge on any atom is 0.204 e. The average Bonchev–Trinajstić information content (AvgIpc) is 2.98. The van der Waals surface area contributed by atoms with Gasteiger partial charge in [0, 0.05) is 5.39 Å². The van der Waals surface area contributed by atoms with Crippen LogP contribution in [0.4, 0.5) is 0 Å². The van der Waals surface area contributed by atoms with Gasteiger partial charge in [0.15, 0.2) is 0 Å². The molecule has 4 nitrogen and oxygen atoms in total. The first-order chi connectivity index (χ1) is 13.3. The Balaban J connectivity index is 1.86. The van der Waals surface area contributed by atoms with Crippen LogP contribution in [0.15, 0.2) is 83.7 Å². The minimum Gasteiger partial charge on any atom is -0.497 e. The van der Waals surface area contributed by atoms with Crippen LogP contribution < -0.4 is 10.2 Å². The van der Waals surface area contributed by atoms with Crippen LogP contribution in [0.5, 0.6) is 5.75 Å². The molecule has 0 fully saturated rings. The molecule has 0 aliphatic carbocycles. The predicted molar refractivity (Wildman–Crippen MR) is 109 cm³/mol. The van der Waals surface area contributed by atoms with Gasteiger partial charge in [-0.1, -0.05) is 54.6 Å². The van der Waals surface area contributed by atoms with Crippen LogP contribution in [0.2, 0.25) is 0 Å². The fourth-order valence-electron chi connectivity index (χ4n) is 2.99. The van der Waals surface area contributed by atoms with E-state index in [0.717, 1.165) is 28.1 Å². The van der Waals surface area contributed by atoms with Gasteiger partial charge in [-0.05, 0) is 42.0 Å². The minimum atomic E-state index is -0.0598. The van der Waals surface area contributed by atoms with Crippen LogP contribution in [-0.4, -0.2) is 16.9 Å². The Hall–Kier alpha value is -3.66. The second-order valence-electron chi connectivity index (χ2n) is 6.08. The first-order valence-corrected chi connectivity index (χ1v) is 8.66. The van der Waals surface area contributed by atoms with E-state index in [-0.39, 0.29) is 5.43 Å². The summed E-state index contributed by atoms with van der Waals surface area (Å²) in [7, 11) is 1.65. The Morgan fingerprint density at radius 3 is 2.30 bits per heavy atom.